The van der Waals surface area contributed by atoms with Crippen LogP contribution in [0.3, 0.4) is 0 Å². The highest BCUT2D eigenvalue weighted by Crippen LogP contribution is 2.40. The number of likely N-dealkylation sites (tertiary alicyclic amines) is 1. The monoisotopic (exact) mass is 316 g/mol. The minimum absolute atomic E-state index is 0.0219. The Hall–Kier alpha value is -2.15. The Balaban J connectivity index is 1.54. The van der Waals surface area contributed by atoms with Gasteiger partial charge in [-0.2, -0.15) is 5.10 Å². The van der Waals surface area contributed by atoms with E-state index in [0.717, 1.165) is 37.5 Å². The highest BCUT2D eigenvalue weighted by molar-refractivity contribution is 5.88. The van der Waals surface area contributed by atoms with Crippen LogP contribution in [0.25, 0.3) is 0 Å². The first-order valence-electron chi connectivity index (χ1n) is 8.17. The van der Waals surface area contributed by atoms with Gasteiger partial charge in [-0.3, -0.25) is 10.00 Å². The fraction of sp³-hybridized carbons (Fsp3) is 0.562. The Morgan fingerprint density at radius 1 is 1.35 bits per heavy atom. The molecule has 1 saturated carbocycles. The van der Waals surface area contributed by atoms with Crippen molar-refractivity contribution in [2.24, 2.45) is 0 Å². The van der Waals surface area contributed by atoms with Crippen LogP contribution >= 0.6 is 0 Å². The lowest BCUT2D eigenvalue weighted by Gasteiger charge is -2.34. The van der Waals surface area contributed by atoms with Gasteiger partial charge in [-0.1, -0.05) is 6.42 Å². The molecule has 4 rings (SSSR count). The molecule has 1 aliphatic carbocycles. The largest absolute Gasteiger partial charge is 0.478 e. The van der Waals surface area contributed by atoms with Crippen molar-refractivity contribution >= 4 is 5.97 Å². The van der Waals surface area contributed by atoms with Crippen LogP contribution in [0, 0.1) is 0 Å². The molecule has 2 N–H and O–H groups in total. The van der Waals surface area contributed by atoms with Gasteiger partial charge in [0.1, 0.15) is 11.3 Å². The van der Waals surface area contributed by atoms with Crippen molar-refractivity contribution in [2.75, 3.05) is 6.54 Å². The lowest BCUT2D eigenvalue weighted by Crippen LogP contribution is -2.34. The van der Waals surface area contributed by atoms with Crippen molar-refractivity contribution in [1.82, 2.24) is 20.1 Å². The van der Waals surface area contributed by atoms with Gasteiger partial charge in [0.05, 0.1) is 30.7 Å². The van der Waals surface area contributed by atoms with Crippen LogP contribution in [0.5, 0.6) is 0 Å². The summed E-state index contributed by atoms with van der Waals surface area (Å²) in [6.07, 6.45) is 8.71. The number of nitrogens with one attached hydrogen (secondary N) is 1. The number of aromatic amines is 1. The van der Waals surface area contributed by atoms with Crippen LogP contribution in [-0.4, -0.2) is 37.7 Å². The molecular formula is C16H20N4O3. The summed E-state index contributed by atoms with van der Waals surface area (Å²) in [5.41, 5.74) is 0.944. The smallest absolute Gasteiger partial charge is 0.339 e. The zero-order valence-corrected chi connectivity index (χ0v) is 12.9. The van der Waals surface area contributed by atoms with Crippen LogP contribution in [0.15, 0.2) is 16.8 Å². The number of carbonyl (C=O) groups is 1. The zero-order chi connectivity index (χ0) is 15.8. The van der Waals surface area contributed by atoms with Gasteiger partial charge in [0.25, 0.3) is 0 Å². The molecule has 0 amide bonds. The number of oxazole rings is 1. The van der Waals surface area contributed by atoms with Crippen LogP contribution in [-0.2, 0) is 6.54 Å². The SMILES string of the molecule is O=C(O)c1cn[nH]c1C1CCCCN1Cc1ncc(C2CC2)o1. The first-order chi connectivity index (χ1) is 11.2. The number of carboxylic acids is 1. The van der Waals surface area contributed by atoms with E-state index in [9.17, 15) is 9.90 Å². The number of piperidine rings is 1. The summed E-state index contributed by atoms with van der Waals surface area (Å²) >= 11 is 0. The molecule has 0 aromatic carbocycles. The fourth-order valence-corrected chi connectivity index (χ4v) is 3.36. The van der Waals surface area contributed by atoms with Crippen LogP contribution in [0.1, 0.15) is 71.8 Å². The third-order valence-corrected chi connectivity index (χ3v) is 4.74. The molecule has 2 aliphatic rings. The maximum atomic E-state index is 11.4. The van der Waals surface area contributed by atoms with Crippen molar-refractivity contribution in [2.45, 2.75) is 50.6 Å². The number of aromatic nitrogens is 3. The highest BCUT2D eigenvalue weighted by Gasteiger charge is 2.31. The number of carboxylic acid groups (broad SMARTS) is 1. The second-order valence-electron chi connectivity index (χ2n) is 6.42. The van der Waals surface area contributed by atoms with Gasteiger partial charge in [-0.05, 0) is 32.2 Å². The van der Waals surface area contributed by atoms with E-state index in [1.54, 1.807) is 0 Å². The third-order valence-electron chi connectivity index (χ3n) is 4.74. The van der Waals surface area contributed by atoms with Crippen molar-refractivity contribution < 1.29 is 14.3 Å². The minimum Gasteiger partial charge on any atom is -0.478 e. The van der Waals surface area contributed by atoms with Crippen molar-refractivity contribution in [3.8, 4) is 0 Å². The number of nitrogens with zero attached hydrogens (tertiary/aromatic N) is 3. The van der Waals surface area contributed by atoms with Crippen molar-refractivity contribution in [3.05, 3.63) is 35.3 Å². The van der Waals surface area contributed by atoms with Crippen LogP contribution in [0.4, 0.5) is 0 Å². The molecule has 1 saturated heterocycles. The van der Waals surface area contributed by atoms with Crippen molar-refractivity contribution in [1.29, 1.82) is 0 Å². The highest BCUT2D eigenvalue weighted by atomic mass is 16.4. The Morgan fingerprint density at radius 3 is 3.00 bits per heavy atom. The summed E-state index contributed by atoms with van der Waals surface area (Å²) in [6, 6.07) is 0.0219. The summed E-state index contributed by atoms with van der Waals surface area (Å²) in [4.78, 5) is 18.0. The maximum absolute atomic E-state index is 11.4. The van der Waals surface area contributed by atoms with Gasteiger partial charge in [-0.15, -0.1) is 0 Å². The molecule has 3 heterocycles. The standard InChI is InChI=1S/C16H20N4O3/c21-16(22)11-7-18-19-15(11)12-3-1-2-6-20(12)9-14-17-8-13(23-14)10-4-5-10/h7-8,10,12H,1-6,9H2,(H,18,19)(H,21,22). The van der Waals surface area contributed by atoms with E-state index in [4.69, 9.17) is 4.42 Å². The van der Waals surface area contributed by atoms with Gasteiger partial charge in [0, 0.05) is 5.92 Å². The molecule has 122 valence electrons. The molecule has 7 heteroatoms. The molecule has 2 fully saturated rings. The van der Waals surface area contributed by atoms with Gasteiger partial charge >= 0.3 is 5.97 Å². The molecule has 0 spiro atoms. The van der Waals surface area contributed by atoms with E-state index in [1.807, 2.05) is 6.20 Å². The van der Waals surface area contributed by atoms with E-state index in [0.29, 0.717) is 18.2 Å². The molecule has 7 nitrogen and oxygen atoms in total. The average molecular weight is 316 g/mol. The summed E-state index contributed by atoms with van der Waals surface area (Å²) in [6.45, 7) is 1.51. The van der Waals surface area contributed by atoms with Crippen molar-refractivity contribution in [3.63, 3.8) is 0 Å². The lowest BCUT2D eigenvalue weighted by atomic mass is 9.97. The molecule has 23 heavy (non-hydrogen) atoms. The van der Waals surface area contributed by atoms with E-state index in [2.05, 4.69) is 20.1 Å². The quantitative estimate of drug-likeness (QED) is 0.880. The first kappa shape index (κ1) is 14.4. The zero-order valence-electron chi connectivity index (χ0n) is 12.9. The summed E-state index contributed by atoms with van der Waals surface area (Å²) in [5, 5.41) is 16.1. The second-order valence-corrected chi connectivity index (χ2v) is 6.42. The molecule has 1 aliphatic heterocycles. The molecular weight excluding hydrogens is 296 g/mol. The van der Waals surface area contributed by atoms with E-state index >= 15 is 0 Å². The Labute approximate surface area is 133 Å². The molecule has 0 radical (unpaired) electrons. The fourth-order valence-electron chi connectivity index (χ4n) is 3.36. The third kappa shape index (κ3) is 2.88. The normalized spacial score (nSPS) is 22.3. The summed E-state index contributed by atoms with van der Waals surface area (Å²) < 4.78 is 5.86. The number of H-pyrrole nitrogens is 1. The van der Waals surface area contributed by atoms with Crippen LogP contribution in [0.2, 0.25) is 0 Å². The van der Waals surface area contributed by atoms with E-state index in [1.165, 1.54) is 19.0 Å². The number of hydrogen-bond donors (Lipinski definition) is 2. The topological polar surface area (TPSA) is 95.2 Å². The summed E-state index contributed by atoms with van der Waals surface area (Å²) in [5.74, 6) is 1.32. The second kappa shape index (κ2) is 5.81. The van der Waals surface area contributed by atoms with E-state index in [-0.39, 0.29) is 11.6 Å². The Kier molecular flexibility index (Phi) is 3.65. The number of hydrogen-bond acceptors (Lipinski definition) is 5. The predicted octanol–water partition coefficient (Wildman–Crippen LogP) is 2.70. The van der Waals surface area contributed by atoms with Gasteiger partial charge in [0.15, 0.2) is 0 Å². The van der Waals surface area contributed by atoms with E-state index < -0.39 is 5.97 Å². The van der Waals surface area contributed by atoms with Gasteiger partial charge in [-0.25, -0.2) is 9.78 Å². The van der Waals surface area contributed by atoms with Crippen LogP contribution < -0.4 is 0 Å². The molecule has 2 aromatic heterocycles. The van der Waals surface area contributed by atoms with Gasteiger partial charge < -0.3 is 9.52 Å². The maximum Gasteiger partial charge on any atom is 0.339 e. The number of aromatic carboxylic acids is 1. The Morgan fingerprint density at radius 2 is 2.22 bits per heavy atom. The average Bonchev–Trinajstić information content (AvgIpc) is 3.10. The lowest BCUT2D eigenvalue weighted by molar-refractivity contribution is 0.0687. The number of rotatable bonds is 5. The predicted molar refractivity (Wildman–Crippen MR) is 81.0 cm³/mol. The summed E-state index contributed by atoms with van der Waals surface area (Å²) in [7, 11) is 0. The molecule has 1 unspecified atom stereocenters. The minimum atomic E-state index is -0.939. The molecule has 0 bridgehead atoms. The Bertz CT molecular complexity index is 704. The van der Waals surface area contributed by atoms with Gasteiger partial charge in [0.2, 0.25) is 5.89 Å². The first-order valence-corrected chi connectivity index (χ1v) is 8.17. The molecule has 1 atom stereocenters. The molecule has 2 aromatic rings.